The van der Waals surface area contributed by atoms with Gasteiger partial charge in [0.1, 0.15) is 5.69 Å². The summed E-state index contributed by atoms with van der Waals surface area (Å²) in [6, 6.07) is 24.5. The van der Waals surface area contributed by atoms with E-state index >= 15 is 0 Å². The number of hydrogen-bond acceptors (Lipinski definition) is 4. The topological polar surface area (TPSA) is 109 Å². The van der Waals surface area contributed by atoms with Crippen molar-refractivity contribution >= 4 is 29.3 Å². The standard InChI is InChI=1S/C28H23N5O3/c1-19-26(28(36)33(32(19)2)24-9-4-3-5-10-24)31-27(35)22-7-6-8-23(17-22)30-25(34)16-15-20-11-13-21(18-29)14-12-20/h3-17H,1-2H3,(H,30,34)(H,31,35)/b16-15+. The van der Waals surface area contributed by atoms with Gasteiger partial charge in [-0.15, -0.1) is 0 Å². The summed E-state index contributed by atoms with van der Waals surface area (Å²) in [6.07, 6.45) is 3.00. The lowest BCUT2D eigenvalue weighted by Crippen LogP contribution is -2.23. The Morgan fingerprint density at radius 3 is 2.36 bits per heavy atom. The first-order chi connectivity index (χ1) is 17.4. The summed E-state index contributed by atoms with van der Waals surface area (Å²) in [5.41, 5.74) is 3.18. The van der Waals surface area contributed by atoms with Gasteiger partial charge in [-0.3, -0.25) is 19.1 Å². The SMILES string of the molecule is Cc1c(NC(=O)c2cccc(NC(=O)/C=C/c3ccc(C#N)cc3)c2)c(=O)n(-c2ccccc2)n1C. The van der Waals surface area contributed by atoms with Crippen molar-refractivity contribution in [2.24, 2.45) is 7.05 Å². The second-order valence-corrected chi connectivity index (χ2v) is 8.03. The van der Waals surface area contributed by atoms with Crippen LogP contribution in [-0.4, -0.2) is 21.2 Å². The smallest absolute Gasteiger partial charge is 0.295 e. The van der Waals surface area contributed by atoms with Crippen LogP contribution in [-0.2, 0) is 11.8 Å². The van der Waals surface area contributed by atoms with Crippen LogP contribution in [0, 0.1) is 18.3 Å². The molecule has 8 heteroatoms. The molecule has 0 spiro atoms. The van der Waals surface area contributed by atoms with E-state index in [-0.39, 0.29) is 22.7 Å². The van der Waals surface area contributed by atoms with Gasteiger partial charge in [0.25, 0.3) is 11.5 Å². The fourth-order valence-electron chi connectivity index (χ4n) is 3.66. The quantitative estimate of drug-likeness (QED) is 0.405. The van der Waals surface area contributed by atoms with E-state index in [0.29, 0.717) is 22.6 Å². The van der Waals surface area contributed by atoms with Crippen LogP contribution in [0.2, 0.25) is 0 Å². The molecule has 3 aromatic carbocycles. The van der Waals surface area contributed by atoms with E-state index in [1.807, 2.05) is 36.4 Å². The van der Waals surface area contributed by atoms with Crippen LogP contribution in [0.15, 0.2) is 89.7 Å². The van der Waals surface area contributed by atoms with Gasteiger partial charge < -0.3 is 10.6 Å². The van der Waals surface area contributed by atoms with Gasteiger partial charge in [-0.2, -0.15) is 5.26 Å². The molecular weight excluding hydrogens is 454 g/mol. The molecule has 0 saturated carbocycles. The van der Waals surface area contributed by atoms with Crippen molar-refractivity contribution in [1.82, 2.24) is 9.36 Å². The number of nitriles is 1. The maximum absolute atomic E-state index is 13.1. The number of rotatable bonds is 6. The summed E-state index contributed by atoms with van der Waals surface area (Å²) in [7, 11) is 1.75. The number of hydrogen-bond donors (Lipinski definition) is 2. The van der Waals surface area contributed by atoms with Gasteiger partial charge in [-0.05, 0) is 61.0 Å². The molecule has 4 aromatic rings. The summed E-state index contributed by atoms with van der Waals surface area (Å²) in [5, 5.41) is 14.3. The van der Waals surface area contributed by atoms with Gasteiger partial charge in [-0.1, -0.05) is 36.4 Å². The predicted molar refractivity (Wildman–Crippen MR) is 139 cm³/mol. The monoisotopic (exact) mass is 477 g/mol. The van der Waals surface area contributed by atoms with Gasteiger partial charge in [0.15, 0.2) is 0 Å². The van der Waals surface area contributed by atoms with Crippen LogP contribution in [0.3, 0.4) is 0 Å². The van der Waals surface area contributed by atoms with Crippen LogP contribution in [0.25, 0.3) is 11.8 Å². The molecule has 0 fully saturated rings. The average molecular weight is 478 g/mol. The highest BCUT2D eigenvalue weighted by molar-refractivity contribution is 6.06. The molecule has 2 N–H and O–H groups in total. The van der Waals surface area contributed by atoms with E-state index in [9.17, 15) is 14.4 Å². The molecule has 0 aliphatic carbocycles. The largest absolute Gasteiger partial charge is 0.322 e. The fraction of sp³-hybridized carbons (Fsp3) is 0.0714. The summed E-state index contributed by atoms with van der Waals surface area (Å²) < 4.78 is 3.17. The second kappa shape index (κ2) is 10.4. The maximum Gasteiger partial charge on any atom is 0.295 e. The number of nitrogens with zero attached hydrogens (tertiary/aromatic N) is 3. The number of amides is 2. The first-order valence-electron chi connectivity index (χ1n) is 11.1. The van der Waals surface area contributed by atoms with Crippen molar-refractivity contribution in [3.8, 4) is 11.8 Å². The normalized spacial score (nSPS) is 10.7. The Morgan fingerprint density at radius 2 is 1.67 bits per heavy atom. The molecule has 0 aliphatic heterocycles. The molecule has 0 atom stereocenters. The van der Waals surface area contributed by atoms with Crippen LogP contribution < -0.4 is 16.2 Å². The van der Waals surface area contributed by atoms with Crippen molar-refractivity contribution < 1.29 is 9.59 Å². The van der Waals surface area contributed by atoms with Crippen molar-refractivity contribution in [3.05, 3.63) is 118 Å². The van der Waals surface area contributed by atoms with Gasteiger partial charge in [0, 0.05) is 24.4 Å². The lowest BCUT2D eigenvalue weighted by Gasteiger charge is -2.07. The molecule has 2 amide bonds. The molecule has 8 nitrogen and oxygen atoms in total. The highest BCUT2D eigenvalue weighted by atomic mass is 16.2. The predicted octanol–water partition coefficient (Wildman–Crippen LogP) is 4.26. The minimum Gasteiger partial charge on any atom is -0.322 e. The van der Waals surface area contributed by atoms with E-state index in [1.165, 1.54) is 16.8 Å². The second-order valence-electron chi connectivity index (χ2n) is 8.03. The zero-order valence-corrected chi connectivity index (χ0v) is 19.7. The zero-order valence-electron chi connectivity index (χ0n) is 19.7. The molecule has 4 rings (SSSR count). The lowest BCUT2D eigenvalue weighted by molar-refractivity contribution is -0.111. The van der Waals surface area contributed by atoms with E-state index in [0.717, 1.165) is 5.56 Å². The van der Waals surface area contributed by atoms with Crippen LogP contribution in [0.5, 0.6) is 0 Å². The van der Waals surface area contributed by atoms with Crippen LogP contribution in [0.1, 0.15) is 27.2 Å². The fourth-order valence-corrected chi connectivity index (χ4v) is 3.66. The van der Waals surface area contributed by atoms with Crippen LogP contribution >= 0.6 is 0 Å². The Labute approximate surface area is 207 Å². The minimum absolute atomic E-state index is 0.186. The first kappa shape index (κ1) is 24.0. The first-order valence-corrected chi connectivity index (χ1v) is 11.1. The summed E-state index contributed by atoms with van der Waals surface area (Å²) in [4.78, 5) is 38.4. The molecule has 1 aromatic heterocycles. The average Bonchev–Trinajstić information content (AvgIpc) is 3.11. The van der Waals surface area contributed by atoms with Crippen molar-refractivity contribution in [2.75, 3.05) is 10.6 Å². The van der Waals surface area contributed by atoms with Gasteiger partial charge in [-0.25, -0.2) is 4.68 Å². The molecule has 0 saturated heterocycles. The Kier molecular flexibility index (Phi) is 6.93. The third-order valence-electron chi connectivity index (χ3n) is 5.65. The summed E-state index contributed by atoms with van der Waals surface area (Å²) in [5.74, 6) is -0.841. The number of carbonyl (C=O) groups excluding carboxylic acids is 2. The van der Waals surface area contributed by atoms with Crippen LogP contribution in [0.4, 0.5) is 11.4 Å². The van der Waals surface area contributed by atoms with E-state index < -0.39 is 5.91 Å². The minimum atomic E-state index is -0.467. The van der Waals surface area contributed by atoms with Gasteiger partial charge in [0.2, 0.25) is 5.91 Å². The summed E-state index contributed by atoms with van der Waals surface area (Å²) >= 11 is 0. The zero-order chi connectivity index (χ0) is 25.7. The Morgan fingerprint density at radius 1 is 0.944 bits per heavy atom. The molecule has 178 valence electrons. The number of para-hydroxylation sites is 1. The van der Waals surface area contributed by atoms with Crippen molar-refractivity contribution in [3.63, 3.8) is 0 Å². The molecule has 0 bridgehead atoms. The number of nitrogens with one attached hydrogen (secondary N) is 2. The summed E-state index contributed by atoms with van der Waals surface area (Å²) in [6.45, 7) is 1.76. The van der Waals surface area contributed by atoms with E-state index in [4.69, 9.17) is 5.26 Å². The number of aromatic nitrogens is 2. The Hall–Kier alpha value is -5.16. The van der Waals surface area contributed by atoms with Crippen molar-refractivity contribution in [1.29, 1.82) is 5.26 Å². The molecule has 0 radical (unpaired) electrons. The lowest BCUT2D eigenvalue weighted by atomic mass is 10.1. The third kappa shape index (κ3) is 5.16. The van der Waals surface area contributed by atoms with E-state index in [2.05, 4.69) is 10.6 Å². The highest BCUT2D eigenvalue weighted by Crippen LogP contribution is 2.17. The van der Waals surface area contributed by atoms with Gasteiger partial charge in [0.05, 0.1) is 23.0 Å². The molecule has 36 heavy (non-hydrogen) atoms. The Balaban J connectivity index is 1.48. The third-order valence-corrected chi connectivity index (χ3v) is 5.65. The molecular formula is C28H23N5O3. The van der Waals surface area contributed by atoms with Crippen molar-refractivity contribution in [2.45, 2.75) is 6.92 Å². The van der Waals surface area contributed by atoms with E-state index in [1.54, 1.807) is 67.2 Å². The Bertz CT molecular complexity index is 1560. The molecule has 1 heterocycles. The number of carbonyl (C=O) groups is 2. The highest BCUT2D eigenvalue weighted by Gasteiger charge is 2.19. The number of anilines is 2. The van der Waals surface area contributed by atoms with Gasteiger partial charge >= 0.3 is 0 Å². The molecule has 0 aliphatic rings. The molecule has 0 unspecified atom stereocenters. The maximum atomic E-state index is 13.1. The number of benzene rings is 3.